The zero-order valence-corrected chi connectivity index (χ0v) is 5.81. The van der Waals surface area contributed by atoms with E-state index in [2.05, 4.69) is 5.18 Å². The van der Waals surface area contributed by atoms with Crippen LogP contribution in [0.5, 0.6) is 0 Å². The van der Waals surface area contributed by atoms with E-state index in [1.165, 1.54) is 0 Å². The van der Waals surface area contributed by atoms with Crippen LogP contribution in [0.15, 0.2) is 5.18 Å². The van der Waals surface area contributed by atoms with Gasteiger partial charge in [-0.1, -0.05) is 5.18 Å². The van der Waals surface area contributed by atoms with Crippen molar-refractivity contribution in [2.75, 3.05) is 6.54 Å². The maximum atomic E-state index is 9.36. The van der Waals surface area contributed by atoms with Crippen molar-refractivity contribution in [3.63, 3.8) is 0 Å². The lowest BCUT2D eigenvalue weighted by molar-refractivity contribution is 1.04. The van der Waals surface area contributed by atoms with Gasteiger partial charge in [0, 0.05) is 6.42 Å². The Balaban J connectivity index is 2.97. The first-order valence-corrected chi connectivity index (χ1v) is 2.87. The zero-order valence-electron chi connectivity index (χ0n) is 3.65. The predicted octanol–water partition coefficient (Wildman–Crippen LogP) is 1.56. The van der Waals surface area contributed by atoms with Crippen molar-refractivity contribution < 1.29 is 0 Å². The number of halogens is 1. The van der Waals surface area contributed by atoms with Crippen LogP contribution in [-0.2, 0) is 0 Å². The molecule has 0 spiro atoms. The van der Waals surface area contributed by atoms with Crippen LogP contribution in [0, 0.1) is 10.3 Å². The first-order chi connectivity index (χ1) is 3.27. The first-order valence-electron chi connectivity index (χ1n) is 1.79. The van der Waals surface area contributed by atoms with Crippen LogP contribution < -0.4 is 0 Å². The van der Waals surface area contributed by atoms with Crippen molar-refractivity contribution in [3.05, 3.63) is 4.91 Å². The van der Waals surface area contributed by atoms with E-state index in [0.717, 1.165) is 0 Å². The van der Waals surface area contributed by atoms with Gasteiger partial charge >= 0.3 is 0 Å². The van der Waals surface area contributed by atoms with Gasteiger partial charge in [0.05, 0.1) is 10.3 Å². The lowest BCUT2D eigenvalue weighted by atomic mass is 10.5. The van der Waals surface area contributed by atoms with E-state index in [9.17, 15) is 4.91 Å². The quantitative estimate of drug-likeness (QED) is 0.430. The fourth-order valence-corrected chi connectivity index (χ4v) is 0.385. The van der Waals surface area contributed by atoms with Crippen molar-refractivity contribution in [2.45, 2.75) is 6.42 Å². The molecule has 0 bridgehead atoms. The standard InChI is InChI=1S/C3H5IN2O/c4-3(5)1-2-6-7/h5H,1-2H2. The molecule has 1 N–H and O–H groups in total. The highest BCUT2D eigenvalue weighted by Crippen LogP contribution is 1.91. The molecule has 0 saturated carbocycles. The molecule has 0 atom stereocenters. The molecular weight excluding hydrogens is 207 g/mol. The van der Waals surface area contributed by atoms with E-state index in [1.807, 2.05) is 22.6 Å². The van der Waals surface area contributed by atoms with Crippen LogP contribution in [0.3, 0.4) is 0 Å². The maximum absolute atomic E-state index is 9.36. The van der Waals surface area contributed by atoms with Gasteiger partial charge in [0.1, 0.15) is 0 Å². The number of nitrogens with zero attached hydrogens (tertiary/aromatic N) is 1. The van der Waals surface area contributed by atoms with Gasteiger partial charge in [0.2, 0.25) is 0 Å². The van der Waals surface area contributed by atoms with Gasteiger partial charge in [-0.2, -0.15) is 4.91 Å². The second-order valence-electron chi connectivity index (χ2n) is 1.01. The van der Waals surface area contributed by atoms with Crippen LogP contribution >= 0.6 is 22.6 Å². The molecule has 0 aromatic heterocycles. The van der Waals surface area contributed by atoms with Crippen molar-refractivity contribution in [3.8, 4) is 0 Å². The summed E-state index contributed by atoms with van der Waals surface area (Å²) in [5.74, 6) is 0. The van der Waals surface area contributed by atoms with Gasteiger partial charge in [-0.05, 0) is 22.6 Å². The Morgan fingerprint density at radius 2 is 2.43 bits per heavy atom. The molecule has 0 unspecified atom stereocenters. The minimum atomic E-state index is 0.238. The van der Waals surface area contributed by atoms with Gasteiger partial charge in [0.25, 0.3) is 0 Å². The van der Waals surface area contributed by atoms with E-state index in [-0.39, 0.29) is 6.54 Å². The summed E-state index contributed by atoms with van der Waals surface area (Å²) in [6, 6.07) is 0. The van der Waals surface area contributed by atoms with Crippen molar-refractivity contribution >= 4 is 26.3 Å². The highest BCUT2D eigenvalue weighted by atomic mass is 127. The molecule has 0 rings (SSSR count). The Hall–Kier alpha value is -0.0000000000000000555. The Morgan fingerprint density at radius 3 is 2.57 bits per heavy atom. The Morgan fingerprint density at radius 1 is 1.86 bits per heavy atom. The van der Waals surface area contributed by atoms with Crippen molar-refractivity contribution in [1.82, 2.24) is 0 Å². The lowest BCUT2D eigenvalue weighted by Crippen LogP contribution is -1.85. The second kappa shape index (κ2) is 4.17. The highest BCUT2D eigenvalue weighted by molar-refractivity contribution is 14.1. The fraction of sp³-hybridized carbons (Fsp3) is 0.667. The average Bonchev–Trinajstić information content (AvgIpc) is 1.61. The molecule has 0 amide bonds. The largest absolute Gasteiger partial charge is 0.299 e. The Bertz CT molecular complexity index is 83.0. The molecule has 0 aliphatic heterocycles. The van der Waals surface area contributed by atoms with Crippen LogP contribution in [0.1, 0.15) is 6.42 Å². The molecule has 0 fully saturated rings. The second-order valence-corrected chi connectivity index (χ2v) is 2.31. The van der Waals surface area contributed by atoms with Crippen molar-refractivity contribution in [1.29, 1.82) is 5.41 Å². The van der Waals surface area contributed by atoms with E-state index in [4.69, 9.17) is 5.41 Å². The van der Waals surface area contributed by atoms with E-state index in [0.29, 0.717) is 10.1 Å². The summed E-state index contributed by atoms with van der Waals surface area (Å²) < 4.78 is 0.484. The monoisotopic (exact) mass is 212 g/mol. The molecule has 3 nitrogen and oxygen atoms in total. The Labute approximate surface area is 55.1 Å². The van der Waals surface area contributed by atoms with E-state index in [1.54, 1.807) is 0 Å². The average molecular weight is 212 g/mol. The summed E-state index contributed by atoms with van der Waals surface area (Å²) in [4.78, 5) is 9.36. The van der Waals surface area contributed by atoms with Crippen LogP contribution in [0.2, 0.25) is 0 Å². The predicted molar refractivity (Wildman–Crippen MR) is 37.0 cm³/mol. The van der Waals surface area contributed by atoms with E-state index >= 15 is 0 Å². The first kappa shape index (κ1) is 7.00. The zero-order chi connectivity index (χ0) is 5.70. The van der Waals surface area contributed by atoms with Gasteiger partial charge in [-0.3, -0.25) is 5.41 Å². The van der Waals surface area contributed by atoms with Crippen LogP contribution in [-0.4, -0.2) is 10.3 Å². The normalized spacial score (nSPS) is 8.14. The topological polar surface area (TPSA) is 53.3 Å². The molecular formula is C3H5IN2O. The minimum Gasteiger partial charge on any atom is -0.299 e. The number of rotatable bonds is 3. The summed E-state index contributed by atoms with van der Waals surface area (Å²) in [5, 5.41) is 9.37. The molecule has 4 heteroatoms. The number of hydrogen-bond donors (Lipinski definition) is 1. The van der Waals surface area contributed by atoms with Gasteiger partial charge in [-0.25, -0.2) is 0 Å². The molecule has 0 saturated heterocycles. The summed E-state index contributed by atoms with van der Waals surface area (Å²) >= 11 is 1.85. The van der Waals surface area contributed by atoms with Crippen molar-refractivity contribution in [2.24, 2.45) is 5.18 Å². The van der Waals surface area contributed by atoms with Gasteiger partial charge in [-0.15, -0.1) is 0 Å². The Kier molecular flexibility index (Phi) is 4.17. The molecule has 40 valence electrons. The summed E-state index contributed by atoms with van der Waals surface area (Å²) in [6.45, 7) is 0.238. The van der Waals surface area contributed by atoms with Gasteiger partial charge < -0.3 is 0 Å². The molecule has 0 aliphatic carbocycles. The smallest absolute Gasteiger partial charge is 0.0870 e. The SMILES string of the molecule is N=C(I)CCN=O. The molecule has 0 heterocycles. The van der Waals surface area contributed by atoms with Crippen LogP contribution in [0.25, 0.3) is 0 Å². The maximum Gasteiger partial charge on any atom is 0.0870 e. The third-order valence-corrected chi connectivity index (χ3v) is 0.962. The molecule has 0 aromatic carbocycles. The molecule has 0 aliphatic rings. The minimum absolute atomic E-state index is 0.238. The highest BCUT2D eigenvalue weighted by Gasteiger charge is 1.86. The van der Waals surface area contributed by atoms with E-state index < -0.39 is 0 Å². The molecule has 7 heavy (non-hydrogen) atoms. The number of nitrogens with one attached hydrogen (secondary N) is 1. The lowest BCUT2D eigenvalue weighted by Gasteiger charge is -1.81. The molecule has 0 aromatic rings. The molecule has 0 radical (unpaired) electrons. The fourth-order valence-electron chi connectivity index (χ4n) is 0.144. The number of hydrogen-bond acceptors (Lipinski definition) is 3. The van der Waals surface area contributed by atoms with Gasteiger partial charge in [0.15, 0.2) is 0 Å². The summed E-state index contributed by atoms with van der Waals surface area (Å²) in [6.07, 6.45) is 0.490. The van der Waals surface area contributed by atoms with Crippen LogP contribution in [0.4, 0.5) is 0 Å². The summed E-state index contributed by atoms with van der Waals surface area (Å²) in [5.41, 5.74) is 0. The number of nitroso groups, excluding NO2 is 1. The summed E-state index contributed by atoms with van der Waals surface area (Å²) in [7, 11) is 0. The third-order valence-electron chi connectivity index (χ3n) is 0.423. The third kappa shape index (κ3) is 6.00.